The first kappa shape index (κ1) is 17.3. The highest BCUT2D eigenvalue weighted by Crippen LogP contribution is 2.22. The topological polar surface area (TPSA) is 41.6 Å². The van der Waals surface area contributed by atoms with Gasteiger partial charge >= 0.3 is 0 Å². The first-order valence-corrected chi connectivity index (χ1v) is 9.58. The molecule has 2 aliphatic heterocycles. The van der Waals surface area contributed by atoms with Crippen LogP contribution in [-0.4, -0.2) is 43.2 Å². The van der Waals surface area contributed by atoms with Crippen LogP contribution < -0.4 is 5.32 Å². The number of carbonyl (C=O) groups excluding carboxylic acids is 1. The molecule has 1 atom stereocenters. The van der Waals surface area contributed by atoms with Gasteiger partial charge in [0, 0.05) is 18.7 Å². The zero-order valence-electron chi connectivity index (χ0n) is 15.1. The number of rotatable bonds is 5. The molecule has 2 aromatic carbocycles. The SMILES string of the molecule is O=C(N[C@@H]1CCOC1)c1ccc(-c2ccc(CN3CCCC3)cc2)cc1. The molecule has 4 nitrogen and oxygen atoms in total. The van der Waals surface area contributed by atoms with E-state index >= 15 is 0 Å². The number of amides is 1. The van der Waals surface area contributed by atoms with E-state index in [4.69, 9.17) is 4.74 Å². The molecule has 2 aromatic rings. The molecular formula is C22H26N2O2. The van der Waals surface area contributed by atoms with E-state index in [0.717, 1.165) is 25.1 Å². The number of ether oxygens (including phenoxy) is 1. The van der Waals surface area contributed by atoms with Gasteiger partial charge in [-0.15, -0.1) is 0 Å². The fourth-order valence-electron chi connectivity index (χ4n) is 3.73. The quantitative estimate of drug-likeness (QED) is 0.898. The van der Waals surface area contributed by atoms with Gasteiger partial charge in [-0.2, -0.15) is 0 Å². The Kier molecular flexibility index (Phi) is 5.32. The van der Waals surface area contributed by atoms with Gasteiger partial charge in [0.1, 0.15) is 0 Å². The lowest BCUT2D eigenvalue weighted by molar-refractivity contribution is 0.0930. The molecular weight excluding hydrogens is 324 g/mol. The minimum Gasteiger partial charge on any atom is -0.379 e. The summed E-state index contributed by atoms with van der Waals surface area (Å²) in [6.07, 6.45) is 3.55. The number of nitrogens with one attached hydrogen (secondary N) is 1. The molecule has 0 radical (unpaired) electrons. The van der Waals surface area contributed by atoms with E-state index in [1.807, 2.05) is 24.3 Å². The molecule has 0 spiro atoms. The molecule has 2 saturated heterocycles. The zero-order chi connectivity index (χ0) is 17.8. The third-order valence-electron chi connectivity index (χ3n) is 5.30. The van der Waals surface area contributed by atoms with E-state index < -0.39 is 0 Å². The standard InChI is InChI=1S/C22H26N2O2/c25-22(23-21-11-14-26-16-21)20-9-7-19(8-10-20)18-5-3-17(4-6-18)15-24-12-1-2-13-24/h3-10,21H,1-2,11-16H2,(H,23,25)/t21-/m1/s1. The summed E-state index contributed by atoms with van der Waals surface area (Å²) in [5, 5.41) is 3.03. The summed E-state index contributed by atoms with van der Waals surface area (Å²) in [5.41, 5.74) is 4.39. The lowest BCUT2D eigenvalue weighted by Gasteiger charge is -2.14. The molecule has 0 aliphatic carbocycles. The summed E-state index contributed by atoms with van der Waals surface area (Å²) < 4.78 is 5.30. The lowest BCUT2D eigenvalue weighted by atomic mass is 10.0. The maximum Gasteiger partial charge on any atom is 0.251 e. The van der Waals surface area contributed by atoms with E-state index in [1.54, 1.807) is 0 Å². The number of nitrogens with zero attached hydrogens (tertiary/aromatic N) is 1. The highest BCUT2D eigenvalue weighted by molar-refractivity contribution is 5.94. The molecule has 0 unspecified atom stereocenters. The van der Waals surface area contributed by atoms with Gasteiger partial charge in [-0.05, 0) is 61.2 Å². The van der Waals surface area contributed by atoms with Crippen LogP contribution in [0.2, 0.25) is 0 Å². The minimum atomic E-state index is -0.0204. The first-order valence-electron chi connectivity index (χ1n) is 9.58. The smallest absolute Gasteiger partial charge is 0.251 e. The lowest BCUT2D eigenvalue weighted by Crippen LogP contribution is -2.34. The highest BCUT2D eigenvalue weighted by Gasteiger charge is 2.18. The van der Waals surface area contributed by atoms with Crippen molar-refractivity contribution >= 4 is 5.91 Å². The summed E-state index contributed by atoms with van der Waals surface area (Å²) in [5.74, 6) is -0.0204. The Morgan fingerprint density at radius 1 is 1.00 bits per heavy atom. The summed E-state index contributed by atoms with van der Waals surface area (Å²) in [4.78, 5) is 14.8. The fraction of sp³-hybridized carbons (Fsp3) is 0.409. The summed E-state index contributed by atoms with van der Waals surface area (Å²) in [7, 11) is 0. The molecule has 4 rings (SSSR count). The maximum atomic E-state index is 12.3. The normalized spacial score (nSPS) is 20.4. The van der Waals surface area contributed by atoms with Crippen LogP contribution >= 0.6 is 0 Å². The number of likely N-dealkylation sites (tertiary alicyclic amines) is 1. The summed E-state index contributed by atoms with van der Waals surface area (Å²) in [6.45, 7) is 4.84. The summed E-state index contributed by atoms with van der Waals surface area (Å²) >= 11 is 0. The van der Waals surface area contributed by atoms with Crippen LogP contribution in [0.4, 0.5) is 0 Å². The molecule has 0 aromatic heterocycles. The Morgan fingerprint density at radius 3 is 2.27 bits per heavy atom. The van der Waals surface area contributed by atoms with E-state index in [2.05, 4.69) is 34.5 Å². The van der Waals surface area contributed by atoms with Crippen molar-refractivity contribution in [1.82, 2.24) is 10.2 Å². The van der Waals surface area contributed by atoms with E-state index in [1.165, 1.54) is 37.1 Å². The van der Waals surface area contributed by atoms with Crippen molar-refractivity contribution < 1.29 is 9.53 Å². The van der Waals surface area contributed by atoms with Crippen LogP contribution in [0.5, 0.6) is 0 Å². The van der Waals surface area contributed by atoms with Crippen LogP contribution in [0, 0.1) is 0 Å². The molecule has 2 aliphatic rings. The molecule has 1 amide bonds. The van der Waals surface area contributed by atoms with Gasteiger partial charge in [0.15, 0.2) is 0 Å². The third-order valence-corrected chi connectivity index (χ3v) is 5.30. The number of hydrogen-bond donors (Lipinski definition) is 1. The van der Waals surface area contributed by atoms with Crippen molar-refractivity contribution in [3.05, 3.63) is 59.7 Å². The fourth-order valence-corrected chi connectivity index (χ4v) is 3.73. The molecule has 26 heavy (non-hydrogen) atoms. The maximum absolute atomic E-state index is 12.3. The molecule has 2 heterocycles. The van der Waals surface area contributed by atoms with Crippen molar-refractivity contribution in [2.24, 2.45) is 0 Å². The van der Waals surface area contributed by atoms with E-state index in [-0.39, 0.29) is 11.9 Å². The number of benzene rings is 2. The zero-order valence-corrected chi connectivity index (χ0v) is 15.1. The predicted octanol–water partition coefficient (Wildman–Crippen LogP) is 3.47. The average molecular weight is 350 g/mol. The Labute approximate surface area is 155 Å². The van der Waals surface area contributed by atoms with Crippen LogP contribution in [0.1, 0.15) is 35.2 Å². The van der Waals surface area contributed by atoms with Crippen molar-refractivity contribution in [2.75, 3.05) is 26.3 Å². The van der Waals surface area contributed by atoms with Gasteiger partial charge in [0.25, 0.3) is 5.91 Å². The van der Waals surface area contributed by atoms with Gasteiger partial charge in [0.2, 0.25) is 0 Å². The van der Waals surface area contributed by atoms with Crippen LogP contribution in [-0.2, 0) is 11.3 Å². The van der Waals surface area contributed by atoms with Crippen molar-refractivity contribution in [3.63, 3.8) is 0 Å². The predicted molar refractivity (Wildman–Crippen MR) is 103 cm³/mol. The van der Waals surface area contributed by atoms with Crippen molar-refractivity contribution in [3.8, 4) is 11.1 Å². The molecule has 136 valence electrons. The largest absolute Gasteiger partial charge is 0.379 e. The molecule has 2 fully saturated rings. The van der Waals surface area contributed by atoms with Crippen molar-refractivity contribution in [1.29, 1.82) is 0 Å². The Bertz CT molecular complexity index is 728. The van der Waals surface area contributed by atoms with Gasteiger partial charge in [0.05, 0.1) is 12.6 Å². The van der Waals surface area contributed by atoms with Gasteiger partial charge in [-0.3, -0.25) is 9.69 Å². The van der Waals surface area contributed by atoms with E-state index in [0.29, 0.717) is 12.2 Å². The van der Waals surface area contributed by atoms with Crippen LogP contribution in [0.15, 0.2) is 48.5 Å². The molecule has 1 N–H and O–H groups in total. The van der Waals surface area contributed by atoms with Gasteiger partial charge in [-0.25, -0.2) is 0 Å². The van der Waals surface area contributed by atoms with Crippen LogP contribution in [0.25, 0.3) is 11.1 Å². The second-order valence-corrected chi connectivity index (χ2v) is 7.29. The molecule has 0 saturated carbocycles. The summed E-state index contributed by atoms with van der Waals surface area (Å²) in [6, 6.07) is 16.8. The second-order valence-electron chi connectivity index (χ2n) is 7.29. The molecule has 4 heteroatoms. The van der Waals surface area contributed by atoms with E-state index in [9.17, 15) is 4.79 Å². The van der Waals surface area contributed by atoms with Crippen molar-refractivity contribution in [2.45, 2.75) is 31.8 Å². The second kappa shape index (κ2) is 8.02. The molecule has 0 bridgehead atoms. The minimum absolute atomic E-state index is 0.0204. The monoisotopic (exact) mass is 350 g/mol. The Morgan fingerprint density at radius 2 is 1.65 bits per heavy atom. The van der Waals surface area contributed by atoms with Gasteiger partial charge < -0.3 is 10.1 Å². The number of carbonyl (C=O) groups is 1. The third kappa shape index (κ3) is 4.14. The average Bonchev–Trinajstić information content (AvgIpc) is 3.37. The van der Waals surface area contributed by atoms with Gasteiger partial charge in [-0.1, -0.05) is 36.4 Å². The highest BCUT2D eigenvalue weighted by atomic mass is 16.5. The Hall–Kier alpha value is -2.17. The Balaban J connectivity index is 1.38. The number of hydrogen-bond acceptors (Lipinski definition) is 3. The first-order chi connectivity index (χ1) is 12.8. The van der Waals surface area contributed by atoms with Crippen LogP contribution in [0.3, 0.4) is 0 Å².